The van der Waals surface area contributed by atoms with Gasteiger partial charge in [0.05, 0.1) is 23.0 Å². The first kappa shape index (κ1) is 23.5. The van der Waals surface area contributed by atoms with Crippen molar-refractivity contribution in [2.24, 2.45) is 18.0 Å². The van der Waals surface area contributed by atoms with Crippen molar-refractivity contribution >= 4 is 34.6 Å². The maximum Gasteiger partial charge on any atom is 0.261 e. The summed E-state index contributed by atoms with van der Waals surface area (Å²) in [7, 11) is 3.38. The highest BCUT2D eigenvalue weighted by atomic mass is 35.5. The molecule has 0 fully saturated rings. The van der Waals surface area contributed by atoms with Gasteiger partial charge in [-0.3, -0.25) is 14.2 Å². The molecule has 0 saturated carbocycles. The van der Waals surface area contributed by atoms with Crippen molar-refractivity contribution in [1.82, 2.24) is 19.8 Å². The lowest BCUT2D eigenvalue weighted by molar-refractivity contribution is -0.126. The lowest BCUT2D eigenvalue weighted by Gasteiger charge is -2.20. The summed E-state index contributed by atoms with van der Waals surface area (Å²) in [5.74, 6) is 0.399. The molecule has 0 saturated heterocycles. The number of benzene rings is 1. The minimum Gasteiger partial charge on any atom is -0.387 e. The average molecular weight is 454 g/mol. The number of para-hydroxylation sites is 1. The number of nitrogens with zero attached hydrogens (tertiary/aromatic N) is 4. The first-order valence-corrected chi connectivity index (χ1v) is 10.9. The predicted molar refractivity (Wildman–Crippen MR) is 129 cm³/mol. The smallest absolute Gasteiger partial charge is 0.261 e. The molecule has 1 amide bonds. The van der Waals surface area contributed by atoms with Gasteiger partial charge in [0, 0.05) is 38.5 Å². The van der Waals surface area contributed by atoms with E-state index in [1.165, 1.54) is 4.57 Å². The molecule has 1 aliphatic rings. The highest BCUT2D eigenvalue weighted by molar-refractivity contribution is 6.30. The molecule has 1 aliphatic heterocycles. The summed E-state index contributed by atoms with van der Waals surface area (Å²) in [5.41, 5.74) is 0.999. The molecule has 8 heteroatoms. The molecule has 1 aromatic carbocycles. The zero-order valence-electron chi connectivity index (χ0n) is 18.7. The summed E-state index contributed by atoms with van der Waals surface area (Å²) in [4.78, 5) is 36.1. The van der Waals surface area contributed by atoms with Gasteiger partial charge < -0.3 is 10.2 Å². The Labute approximate surface area is 192 Å². The van der Waals surface area contributed by atoms with Gasteiger partial charge in [0.25, 0.3) is 11.5 Å². The fourth-order valence-electron chi connectivity index (χ4n) is 3.34. The molecule has 1 N–H and O–H groups in total. The van der Waals surface area contributed by atoms with Crippen molar-refractivity contribution in [2.45, 2.75) is 32.9 Å². The minimum atomic E-state index is -0.175. The summed E-state index contributed by atoms with van der Waals surface area (Å²) in [5, 5.41) is 4.30. The van der Waals surface area contributed by atoms with Crippen LogP contribution in [0.15, 0.2) is 69.2 Å². The Bertz CT molecular complexity index is 1180. The van der Waals surface area contributed by atoms with Crippen molar-refractivity contribution in [1.29, 1.82) is 0 Å². The van der Waals surface area contributed by atoms with Gasteiger partial charge in [0.1, 0.15) is 11.0 Å². The molecular weight excluding hydrogens is 426 g/mol. The van der Waals surface area contributed by atoms with E-state index in [1.54, 1.807) is 49.6 Å². The number of hydrogen-bond donors (Lipinski definition) is 1. The van der Waals surface area contributed by atoms with Crippen molar-refractivity contribution in [3.8, 4) is 0 Å². The molecule has 0 aliphatic carbocycles. The van der Waals surface area contributed by atoms with Gasteiger partial charge in [-0.25, -0.2) is 9.98 Å². The van der Waals surface area contributed by atoms with Crippen LogP contribution in [0.2, 0.25) is 0 Å². The Kier molecular flexibility index (Phi) is 7.64. The normalized spacial score (nSPS) is 17.1. The van der Waals surface area contributed by atoms with E-state index < -0.39 is 0 Å². The topological polar surface area (TPSA) is 79.6 Å². The molecule has 7 nitrogen and oxygen atoms in total. The third kappa shape index (κ3) is 5.34. The number of amides is 1. The van der Waals surface area contributed by atoms with Gasteiger partial charge in [-0.05, 0) is 31.6 Å². The number of rotatable bonds is 8. The van der Waals surface area contributed by atoms with E-state index in [0.29, 0.717) is 27.5 Å². The first-order valence-electron chi connectivity index (χ1n) is 10.6. The quantitative estimate of drug-likeness (QED) is 0.377. The van der Waals surface area contributed by atoms with Crippen molar-refractivity contribution in [3.63, 3.8) is 0 Å². The van der Waals surface area contributed by atoms with Crippen LogP contribution in [0.5, 0.6) is 0 Å². The van der Waals surface area contributed by atoms with Crippen LogP contribution in [0.4, 0.5) is 0 Å². The van der Waals surface area contributed by atoms with Gasteiger partial charge in [-0.15, -0.1) is 0 Å². The number of nitrogens with one attached hydrogen (secondary N) is 1. The minimum absolute atomic E-state index is 0.0149. The maximum atomic E-state index is 13.2. The van der Waals surface area contributed by atoms with Gasteiger partial charge in [-0.1, -0.05) is 42.8 Å². The number of fused-ring (bicyclic) bond motifs is 1. The molecule has 1 unspecified atom stereocenters. The number of hydrogen-bond acceptors (Lipinski definition) is 5. The standard InChI is InChI=1S/C24H28ClN5O2/c1-5-6-9-17(13-26-16(2)18-12-21(25)27-14-18)23(31)29(3)15-22-28-20-11-8-7-10-19(20)24(32)30(22)4/h6-14,16,18,26H,5,15H2,1-4H3/b9-6-,17-13+/t16-,18?/m0/s1. The lowest BCUT2D eigenvalue weighted by atomic mass is 10.0. The van der Waals surface area contributed by atoms with Crippen LogP contribution >= 0.6 is 11.6 Å². The summed E-state index contributed by atoms with van der Waals surface area (Å²) in [6.45, 7) is 4.22. The van der Waals surface area contributed by atoms with Crippen LogP contribution in [-0.2, 0) is 18.4 Å². The molecule has 2 heterocycles. The lowest BCUT2D eigenvalue weighted by Crippen LogP contribution is -2.33. The van der Waals surface area contributed by atoms with Crippen molar-refractivity contribution in [3.05, 3.63) is 75.6 Å². The third-order valence-electron chi connectivity index (χ3n) is 5.36. The molecule has 0 radical (unpaired) electrons. The first-order chi connectivity index (χ1) is 15.3. The molecular formula is C24H28ClN5O2. The molecule has 32 heavy (non-hydrogen) atoms. The highest BCUT2D eigenvalue weighted by Gasteiger charge is 2.19. The van der Waals surface area contributed by atoms with Gasteiger partial charge >= 0.3 is 0 Å². The summed E-state index contributed by atoms with van der Waals surface area (Å²) < 4.78 is 1.49. The summed E-state index contributed by atoms with van der Waals surface area (Å²) in [6.07, 6.45) is 9.91. The van der Waals surface area contributed by atoms with E-state index in [0.717, 1.165) is 6.42 Å². The van der Waals surface area contributed by atoms with Crippen molar-refractivity contribution in [2.75, 3.05) is 7.05 Å². The Hall–Kier alpha value is -3.19. The van der Waals surface area contributed by atoms with E-state index in [9.17, 15) is 9.59 Å². The van der Waals surface area contributed by atoms with Gasteiger partial charge in [0.2, 0.25) is 0 Å². The number of likely N-dealkylation sites (N-methyl/N-ethyl adjacent to an activating group) is 1. The number of allylic oxidation sites excluding steroid dienone is 1. The zero-order valence-corrected chi connectivity index (χ0v) is 19.5. The molecule has 3 rings (SSSR count). The highest BCUT2D eigenvalue weighted by Crippen LogP contribution is 2.18. The molecule has 168 valence electrons. The SMILES string of the molecule is CC/C=C\C(=C/N[C@@H](C)C1C=NC(Cl)=C1)C(=O)N(C)Cc1nc2ccccc2c(=O)n1C. The number of carbonyl (C=O) groups is 1. The number of aromatic nitrogens is 2. The Morgan fingerprint density at radius 2 is 2.12 bits per heavy atom. The van der Waals surface area contributed by atoms with Crippen LogP contribution in [-0.4, -0.2) is 39.7 Å². The Morgan fingerprint density at radius 1 is 1.38 bits per heavy atom. The second-order valence-corrected chi connectivity index (χ2v) is 8.17. The van der Waals surface area contributed by atoms with E-state index in [2.05, 4.69) is 15.3 Å². The fourth-order valence-corrected chi connectivity index (χ4v) is 3.55. The van der Waals surface area contributed by atoms with Crippen molar-refractivity contribution < 1.29 is 4.79 Å². The maximum absolute atomic E-state index is 13.2. The average Bonchev–Trinajstić information content (AvgIpc) is 3.23. The third-order valence-corrected chi connectivity index (χ3v) is 5.58. The molecule has 2 aromatic rings. The Balaban J connectivity index is 1.80. The second kappa shape index (κ2) is 10.4. The van der Waals surface area contributed by atoms with Gasteiger partial charge in [-0.2, -0.15) is 0 Å². The molecule has 2 atom stereocenters. The summed E-state index contributed by atoms with van der Waals surface area (Å²) in [6, 6.07) is 7.22. The zero-order chi connectivity index (χ0) is 23.3. The predicted octanol–water partition coefficient (Wildman–Crippen LogP) is 3.50. The summed E-state index contributed by atoms with van der Waals surface area (Å²) >= 11 is 5.93. The van der Waals surface area contributed by atoms with Crippen LogP contribution in [0.3, 0.4) is 0 Å². The van der Waals surface area contributed by atoms with Crippen LogP contribution in [0, 0.1) is 5.92 Å². The molecule has 0 bridgehead atoms. The van der Waals surface area contributed by atoms with E-state index >= 15 is 0 Å². The van der Waals surface area contributed by atoms with E-state index in [-0.39, 0.29) is 30.0 Å². The monoisotopic (exact) mass is 453 g/mol. The van der Waals surface area contributed by atoms with Crippen LogP contribution in [0.1, 0.15) is 26.1 Å². The molecule has 0 spiro atoms. The largest absolute Gasteiger partial charge is 0.387 e. The van der Waals surface area contributed by atoms with Crippen LogP contribution < -0.4 is 10.9 Å². The number of aliphatic imine (C=N–C) groups is 1. The van der Waals surface area contributed by atoms with Crippen LogP contribution in [0.25, 0.3) is 10.9 Å². The second-order valence-electron chi connectivity index (χ2n) is 7.78. The number of halogens is 1. The van der Waals surface area contributed by atoms with E-state index in [1.807, 2.05) is 38.1 Å². The van der Waals surface area contributed by atoms with E-state index in [4.69, 9.17) is 11.6 Å². The molecule has 1 aromatic heterocycles. The number of carbonyl (C=O) groups excluding carboxylic acids is 1. The van der Waals surface area contributed by atoms with Gasteiger partial charge in [0.15, 0.2) is 0 Å². The Morgan fingerprint density at radius 3 is 2.81 bits per heavy atom. The fraction of sp³-hybridized carbons (Fsp3) is 0.333.